The minimum Gasteiger partial charge on any atom is -0.353 e. The Morgan fingerprint density at radius 2 is 1.93 bits per heavy atom. The molecule has 3 heterocycles. The molecule has 8 heteroatoms. The van der Waals surface area contributed by atoms with Crippen LogP contribution in [0, 0.1) is 0 Å². The van der Waals surface area contributed by atoms with Gasteiger partial charge in [-0.15, -0.1) is 0 Å². The highest BCUT2D eigenvalue weighted by atomic mass is 16.1. The van der Waals surface area contributed by atoms with E-state index < -0.39 is 0 Å². The van der Waals surface area contributed by atoms with Crippen LogP contribution in [0.15, 0.2) is 46.0 Å². The Morgan fingerprint density at radius 3 is 2.75 bits per heavy atom. The number of benzene rings is 1. The Morgan fingerprint density at radius 1 is 1.11 bits per heavy atom. The Labute approximate surface area is 162 Å². The second kappa shape index (κ2) is 7.46. The largest absolute Gasteiger partial charge is 0.353 e. The van der Waals surface area contributed by atoms with Crippen LogP contribution in [-0.4, -0.2) is 38.5 Å². The summed E-state index contributed by atoms with van der Waals surface area (Å²) in [5.74, 6) is 1.36. The van der Waals surface area contributed by atoms with Crippen molar-refractivity contribution in [3.05, 3.63) is 57.1 Å². The van der Waals surface area contributed by atoms with Crippen molar-refractivity contribution in [2.45, 2.75) is 25.3 Å². The zero-order valence-electron chi connectivity index (χ0n) is 16.1. The van der Waals surface area contributed by atoms with E-state index in [1.54, 1.807) is 36.9 Å². The first kappa shape index (κ1) is 18.2. The van der Waals surface area contributed by atoms with Crippen molar-refractivity contribution in [1.82, 2.24) is 19.3 Å². The monoisotopic (exact) mass is 380 g/mol. The molecule has 146 valence electrons. The molecule has 0 aliphatic carbocycles. The summed E-state index contributed by atoms with van der Waals surface area (Å²) in [6.07, 6.45) is 3.24. The smallest absolute Gasteiger partial charge is 0.266 e. The lowest BCUT2D eigenvalue weighted by molar-refractivity contribution is 0.463. The number of piperidine rings is 1. The van der Waals surface area contributed by atoms with Gasteiger partial charge < -0.3 is 10.2 Å². The van der Waals surface area contributed by atoms with Crippen LogP contribution in [-0.2, 0) is 14.1 Å². The molecule has 1 saturated heterocycles. The van der Waals surface area contributed by atoms with Crippen LogP contribution in [0.25, 0.3) is 10.9 Å². The Hall–Kier alpha value is -3.16. The number of nitrogens with one attached hydrogen (secondary N) is 1. The van der Waals surface area contributed by atoms with Gasteiger partial charge in [-0.25, -0.2) is 9.67 Å². The van der Waals surface area contributed by atoms with Gasteiger partial charge in [-0.1, -0.05) is 12.1 Å². The fraction of sp³-hybridized carbons (Fsp3) is 0.400. The third-order valence-corrected chi connectivity index (χ3v) is 5.35. The van der Waals surface area contributed by atoms with Gasteiger partial charge in [0.15, 0.2) is 0 Å². The van der Waals surface area contributed by atoms with Gasteiger partial charge in [0.25, 0.3) is 11.1 Å². The third kappa shape index (κ3) is 3.37. The molecule has 1 N–H and O–H groups in total. The van der Waals surface area contributed by atoms with E-state index >= 15 is 0 Å². The van der Waals surface area contributed by atoms with Gasteiger partial charge in [-0.2, -0.15) is 5.10 Å². The molecule has 1 unspecified atom stereocenters. The molecular weight excluding hydrogens is 356 g/mol. The normalized spacial score (nSPS) is 17.1. The van der Waals surface area contributed by atoms with Crippen LogP contribution in [0.1, 0.15) is 19.3 Å². The third-order valence-electron chi connectivity index (χ3n) is 5.35. The Balaban J connectivity index is 1.58. The highest BCUT2D eigenvalue weighted by Gasteiger charge is 2.24. The van der Waals surface area contributed by atoms with E-state index in [0.29, 0.717) is 23.4 Å². The van der Waals surface area contributed by atoms with Crippen molar-refractivity contribution in [3.63, 3.8) is 0 Å². The fourth-order valence-corrected chi connectivity index (χ4v) is 3.74. The predicted molar refractivity (Wildman–Crippen MR) is 110 cm³/mol. The first-order valence-corrected chi connectivity index (χ1v) is 9.55. The number of anilines is 2. The van der Waals surface area contributed by atoms with Crippen LogP contribution in [0.2, 0.25) is 0 Å². The zero-order valence-corrected chi connectivity index (χ0v) is 16.1. The molecule has 0 spiro atoms. The van der Waals surface area contributed by atoms with Crippen molar-refractivity contribution in [1.29, 1.82) is 0 Å². The molecule has 1 fully saturated rings. The van der Waals surface area contributed by atoms with E-state index in [0.717, 1.165) is 31.6 Å². The second-order valence-electron chi connectivity index (χ2n) is 7.19. The lowest BCUT2D eigenvalue weighted by atomic mass is 10.0. The zero-order chi connectivity index (χ0) is 19.7. The highest BCUT2D eigenvalue weighted by molar-refractivity contribution is 5.78. The number of aryl methyl sites for hydroxylation is 1. The number of hydrogen-bond acceptors (Lipinski definition) is 6. The average Bonchev–Trinajstić information content (AvgIpc) is 2.72. The molecule has 1 aliphatic rings. The summed E-state index contributed by atoms with van der Waals surface area (Å²) in [6.45, 7) is 1.53. The molecule has 1 atom stereocenters. The van der Waals surface area contributed by atoms with Crippen LogP contribution in [0.3, 0.4) is 0 Å². The summed E-state index contributed by atoms with van der Waals surface area (Å²) < 4.78 is 2.92. The molecular formula is C20H24N6O2. The summed E-state index contributed by atoms with van der Waals surface area (Å²) in [5, 5.41) is 8.38. The summed E-state index contributed by atoms with van der Waals surface area (Å²) in [7, 11) is 3.40. The lowest BCUT2D eigenvalue weighted by Crippen LogP contribution is -2.45. The van der Waals surface area contributed by atoms with Gasteiger partial charge in [0.2, 0.25) is 5.95 Å². The lowest BCUT2D eigenvalue weighted by Gasteiger charge is -2.36. The summed E-state index contributed by atoms with van der Waals surface area (Å²) in [4.78, 5) is 31.1. The first-order chi connectivity index (χ1) is 13.5. The van der Waals surface area contributed by atoms with Crippen molar-refractivity contribution in [3.8, 4) is 0 Å². The predicted octanol–water partition coefficient (Wildman–Crippen LogP) is 1.50. The molecule has 1 aromatic carbocycles. The summed E-state index contributed by atoms with van der Waals surface area (Å²) >= 11 is 0. The molecule has 2 aromatic heterocycles. The summed E-state index contributed by atoms with van der Waals surface area (Å²) in [6, 6.07) is 10.9. The maximum absolute atomic E-state index is 12.6. The maximum atomic E-state index is 12.6. The Bertz CT molecular complexity index is 1120. The second-order valence-corrected chi connectivity index (χ2v) is 7.19. The van der Waals surface area contributed by atoms with Gasteiger partial charge >= 0.3 is 0 Å². The van der Waals surface area contributed by atoms with Crippen LogP contribution in [0.5, 0.6) is 0 Å². The standard InChI is InChI=1S/C20H24N6O2/c1-24-19(28)15-8-3-4-9-16(15)22-20(24)21-13-14-7-5-6-12-26(14)17-10-11-18(27)25(2)23-17/h3-4,8-11,14H,5-7,12-13H2,1-2H3,(H,21,22). The van der Waals surface area contributed by atoms with E-state index in [2.05, 4.69) is 20.3 Å². The molecule has 8 nitrogen and oxygen atoms in total. The van der Waals surface area contributed by atoms with Gasteiger partial charge in [0.05, 0.1) is 10.9 Å². The average molecular weight is 380 g/mol. The van der Waals surface area contributed by atoms with Crippen molar-refractivity contribution >= 4 is 22.7 Å². The quantitative estimate of drug-likeness (QED) is 0.738. The van der Waals surface area contributed by atoms with Crippen LogP contribution >= 0.6 is 0 Å². The van der Waals surface area contributed by atoms with E-state index in [9.17, 15) is 9.59 Å². The number of aromatic nitrogens is 4. The number of nitrogens with zero attached hydrogens (tertiary/aromatic N) is 5. The topological polar surface area (TPSA) is 85.1 Å². The molecule has 0 saturated carbocycles. The fourth-order valence-electron chi connectivity index (χ4n) is 3.74. The molecule has 28 heavy (non-hydrogen) atoms. The van der Waals surface area contributed by atoms with E-state index in [-0.39, 0.29) is 17.2 Å². The van der Waals surface area contributed by atoms with E-state index in [4.69, 9.17) is 0 Å². The number of fused-ring (bicyclic) bond motifs is 1. The number of rotatable bonds is 4. The van der Waals surface area contributed by atoms with Gasteiger partial charge in [-0.3, -0.25) is 14.2 Å². The van der Waals surface area contributed by atoms with Gasteiger partial charge in [0, 0.05) is 39.3 Å². The van der Waals surface area contributed by atoms with Crippen molar-refractivity contribution in [2.24, 2.45) is 14.1 Å². The summed E-state index contributed by atoms with van der Waals surface area (Å²) in [5.41, 5.74) is 0.507. The minimum absolute atomic E-state index is 0.0617. The van der Waals surface area contributed by atoms with E-state index in [1.807, 2.05) is 18.2 Å². The van der Waals surface area contributed by atoms with E-state index in [1.165, 1.54) is 4.68 Å². The van der Waals surface area contributed by atoms with Gasteiger partial charge in [0.1, 0.15) is 5.82 Å². The molecule has 4 rings (SSSR count). The Kier molecular flexibility index (Phi) is 4.85. The first-order valence-electron chi connectivity index (χ1n) is 9.55. The molecule has 0 amide bonds. The SMILES string of the molecule is Cn1nc(N2CCCCC2CNc2nc3ccccc3c(=O)n2C)ccc1=O. The van der Waals surface area contributed by atoms with Crippen molar-refractivity contribution < 1.29 is 0 Å². The molecule has 3 aromatic rings. The highest BCUT2D eigenvalue weighted by Crippen LogP contribution is 2.22. The van der Waals surface area contributed by atoms with Crippen LogP contribution < -0.4 is 21.3 Å². The number of para-hydroxylation sites is 1. The number of hydrogen-bond donors (Lipinski definition) is 1. The van der Waals surface area contributed by atoms with Gasteiger partial charge in [-0.05, 0) is 37.5 Å². The van der Waals surface area contributed by atoms with Crippen molar-refractivity contribution in [2.75, 3.05) is 23.3 Å². The maximum Gasteiger partial charge on any atom is 0.266 e. The molecule has 0 radical (unpaired) electrons. The van der Waals surface area contributed by atoms with Crippen LogP contribution in [0.4, 0.5) is 11.8 Å². The molecule has 0 bridgehead atoms. The minimum atomic E-state index is -0.120. The molecule has 1 aliphatic heterocycles.